The highest BCUT2D eigenvalue weighted by Gasteiger charge is 2.35. The first-order valence-electron chi connectivity index (χ1n) is 9.07. The zero-order valence-corrected chi connectivity index (χ0v) is 15.1. The van der Waals surface area contributed by atoms with Crippen LogP contribution in [0, 0.1) is 0 Å². The lowest BCUT2D eigenvalue weighted by Crippen LogP contribution is -2.58. The number of carbonyl (C=O) groups is 2. The Kier molecular flexibility index (Phi) is 4.50. The topological polar surface area (TPSA) is 52.7 Å². The van der Waals surface area contributed by atoms with Crippen molar-refractivity contribution in [2.24, 2.45) is 0 Å². The molecule has 5 nitrogen and oxygen atoms in total. The molecule has 5 heteroatoms. The number of piperazine rings is 1. The van der Waals surface area contributed by atoms with Crippen LogP contribution < -0.4 is 10.2 Å². The molecule has 1 aliphatic rings. The summed E-state index contributed by atoms with van der Waals surface area (Å²) in [7, 11) is 0. The third-order valence-corrected chi connectivity index (χ3v) is 5.00. The van der Waals surface area contributed by atoms with Gasteiger partial charge < -0.3 is 15.1 Å². The minimum atomic E-state index is -0.526. The molecule has 1 fully saturated rings. The van der Waals surface area contributed by atoms with E-state index in [1.807, 2.05) is 72.8 Å². The molecule has 4 rings (SSSR count). The van der Waals surface area contributed by atoms with Gasteiger partial charge in [0.15, 0.2) is 0 Å². The Morgan fingerprint density at radius 1 is 0.926 bits per heavy atom. The molecule has 0 saturated carbocycles. The van der Waals surface area contributed by atoms with Crippen LogP contribution >= 0.6 is 0 Å². The minimum absolute atomic E-state index is 0.0687. The van der Waals surface area contributed by atoms with E-state index < -0.39 is 6.04 Å². The fourth-order valence-corrected chi connectivity index (χ4v) is 3.55. The van der Waals surface area contributed by atoms with Gasteiger partial charge in [0.05, 0.1) is 5.69 Å². The van der Waals surface area contributed by atoms with E-state index in [2.05, 4.69) is 5.32 Å². The van der Waals surface area contributed by atoms with Crippen LogP contribution in [0.25, 0.3) is 10.8 Å². The van der Waals surface area contributed by atoms with Crippen molar-refractivity contribution in [3.8, 4) is 0 Å². The second-order valence-corrected chi connectivity index (χ2v) is 6.65. The van der Waals surface area contributed by atoms with Gasteiger partial charge in [-0.15, -0.1) is 0 Å². The molecule has 1 atom stereocenters. The number of para-hydroxylation sites is 1. The Balaban J connectivity index is 1.55. The Labute approximate surface area is 158 Å². The van der Waals surface area contributed by atoms with E-state index in [1.165, 1.54) is 0 Å². The van der Waals surface area contributed by atoms with Gasteiger partial charge in [0, 0.05) is 24.2 Å². The van der Waals surface area contributed by atoms with Gasteiger partial charge in [0.2, 0.25) is 5.91 Å². The summed E-state index contributed by atoms with van der Waals surface area (Å²) >= 11 is 0. The van der Waals surface area contributed by atoms with E-state index in [9.17, 15) is 9.59 Å². The number of urea groups is 1. The van der Waals surface area contributed by atoms with Crippen LogP contribution in [0.2, 0.25) is 0 Å². The summed E-state index contributed by atoms with van der Waals surface area (Å²) in [5.41, 5.74) is 1.62. The molecule has 1 heterocycles. The summed E-state index contributed by atoms with van der Waals surface area (Å²) in [5, 5.41) is 5.00. The summed E-state index contributed by atoms with van der Waals surface area (Å²) in [4.78, 5) is 29.0. The number of benzene rings is 3. The van der Waals surface area contributed by atoms with Crippen LogP contribution in [0.5, 0.6) is 0 Å². The summed E-state index contributed by atoms with van der Waals surface area (Å²) in [6, 6.07) is 22.5. The first-order chi connectivity index (χ1) is 13.1. The lowest BCUT2D eigenvalue weighted by atomic mass is 10.1. The molecule has 0 spiro atoms. The maximum absolute atomic E-state index is 13.0. The smallest absolute Gasteiger partial charge is 0.311 e. The number of nitrogens with one attached hydrogen (secondary N) is 1. The van der Waals surface area contributed by atoms with Gasteiger partial charge in [-0.2, -0.15) is 0 Å². The SMILES string of the molecule is CC1C(=O)N(c2cccc3ccccc23)CCN1C(=O)Nc1ccccc1. The molecule has 1 aliphatic heterocycles. The van der Waals surface area contributed by atoms with Crippen LogP contribution in [0.1, 0.15) is 6.92 Å². The summed E-state index contributed by atoms with van der Waals surface area (Å²) in [5.74, 6) is -0.0687. The largest absolute Gasteiger partial charge is 0.322 e. The van der Waals surface area contributed by atoms with Crippen molar-refractivity contribution >= 4 is 34.1 Å². The molecule has 1 N–H and O–H groups in total. The van der Waals surface area contributed by atoms with Crippen LogP contribution in [0.4, 0.5) is 16.2 Å². The summed E-state index contributed by atoms with van der Waals surface area (Å²) in [6.07, 6.45) is 0. The molecule has 3 amide bonds. The first-order valence-corrected chi connectivity index (χ1v) is 9.07. The van der Waals surface area contributed by atoms with E-state index >= 15 is 0 Å². The molecule has 3 aromatic rings. The Morgan fingerprint density at radius 3 is 2.44 bits per heavy atom. The molecule has 3 aromatic carbocycles. The van der Waals surface area contributed by atoms with Gasteiger partial charge in [0.1, 0.15) is 6.04 Å². The van der Waals surface area contributed by atoms with Crippen molar-refractivity contribution in [3.05, 3.63) is 72.8 Å². The van der Waals surface area contributed by atoms with E-state index in [0.29, 0.717) is 13.1 Å². The highest BCUT2D eigenvalue weighted by atomic mass is 16.2. The standard InChI is InChI=1S/C22H21N3O2/c1-16-21(26)25(20-13-7-9-17-8-5-6-12-19(17)20)15-14-24(16)22(27)23-18-10-3-2-4-11-18/h2-13,16H,14-15H2,1H3,(H,23,27). The van der Waals surface area contributed by atoms with Gasteiger partial charge in [-0.3, -0.25) is 4.79 Å². The molecule has 0 aromatic heterocycles. The molecule has 0 aliphatic carbocycles. The van der Waals surface area contributed by atoms with Crippen LogP contribution in [0.3, 0.4) is 0 Å². The van der Waals surface area contributed by atoms with Crippen LogP contribution in [-0.4, -0.2) is 36.0 Å². The Morgan fingerprint density at radius 2 is 1.63 bits per heavy atom. The van der Waals surface area contributed by atoms with E-state index in [4.69, 9.17) is 0 Å². The maximum Gasteiger partial charge on any atom is 0.322 e. The molecule has 0 radical (unpaired) electrons. The molecule has 1 saturated heterocycles. The predicted octanol–water partition coefficient (Wildman–Crippen LogP) is 4.11. The van der Waals surface area contributed by atoms with E-state index in [-0.39, 0.29) is 11.9 Å². The number of hydrogen-bond acceptors (Lipinski definition) is 2. The number of hydrogen-bond donors (Lipinski definition) is 1. The fraction of sp³-hybridized carbons (Fsp3) is 0.182. The number of fused-ring (bicyclic) bond motifs is 1. The van der Waals surface area contributed by atoms with Gasteiger partial charge in [-0.25, -0.2) is 4.79 Å². The zero-order chi connectivity index (χ0) is 18.8. The monoisotopic (exact) mass is 359 g/mol. The van der Waals surface area contributed by atoms with Gasteiger partial charge >= 0.3 is 6.03 Å². The number of anilines is 2. The number of amides is 3. The maximum atomic E-state index is 13.0. The molecule has 136 valence electrons. The number of rotatable bonds is 2. The number of nitrogens with zero attached hydrogens (tertiary/aromatic N) is 2. The highest BCUT2D eigenvalue weighted by Crippen LogP contribution is 2.29. The van der Waals surface area contributed by atoms with E-state index in [0.717, 1.165) is 22.1 Å². The van der Waals surface area contributed by atoms with Crippen molar-refractivity contribution in [3.63, 3.8) is 0 Å². The van der Waals surface area contributed by atoms with Crippen molar-refractivity contribution in [2.45, 2.75) is 13.0 Å². The quantitative estimate of drug-likeness (QED) is 0.749. The lowest BCUT2D eigenvalue weighted by Gasteiger charge is -2.39. The Bertz CT molecular complexity index is 982. The molecular weight excluding hydrogens is 338 g/mol. The lowest BCUT2D eigenvalue weighted by molar-refractivity contribution is -0.123. The van der Waals surface area contributed by atoms with Crippen molar-refractivity contribution < 1.29 is 9.59 Å². The molecule has 27 heavy (non-hydrogen) atoms. The van der Waals surface area contributed by atoms with Crippen LogP contribution in [0.15, 0.2) is 72.8 Å². The minimum Gasteiger partial charge on any atom is -0.311 e. The average Bonchev–Trinajstić information content (AvgIpc) is 2.70. The second kappa shape index (κ2) is 7.11. The number of carbonyl (C=O) groups excluding carboxylic acids is 2. The van der Waals surface area contributed by atoms with Gasteiger partial charge in [0.25, 0.3) is 0 Å². The predicted molar refractivity (Wildman–Crippen MR) is 108 cm³/mol. The van der Waals surface area contributed by atoms with Crippen LogP contribution in [-0.2, 0) is 4.79 Å². The van der Waals surface area contributed by atoms with Gasteiger partial charge in [-0.1, -0.05) is 54.6 Å². The van der Waals surface area contributed by atoms with Crippen molar-refractivity contribution in [1.29, 1.82) is 0 Å². The summed E-state index contributed by atoms with van der Waals surface area (Å²) in [6.45, 7) is 2.73. The molecule has 0 bridgehead atoms. The van der Waals surface area contributed by atoms with Crippen molar-refractivity contribution in [2.75, 3.05) is 23.3 Å². The zero-order valence-electron chi connectivity index (χ0n) is 15.1. The molecular formula is C22H21N3O2. The summed E-state index contributed by atoms with van der Waals surface area (Å²) < 4.78 is 0. The molecule has 1 unspecified atom stereocenters. The van der Waals surface area contributed by atoms with Crippen molar-refractivity contribution in [1.82, 2.24) is 4.90 Å². The fourth-order valence-electron chi connectivity index (χ4n) is 3.55. The third kappa shape index (κ3) is 3.24. The van der Waals surface area contributed by atoms with E-state index in [1.54, 1.807) is 16.7 Å². The third-order valence-electron chi connectivity index (χ3n) is 5.00. The average molecular weight is 359 g/mol. The first kappa shape index (κ1) is 17.1. The Hall–Kier alpha value is -3.34. The normalized spacial score (nSPS) is 17.2. The second-order valence-electron chi connectivity index (χ2n) is 6.65. The highest BCUT2D eigenvalue weighted by molar-refractivity contribution is 6.07. The van der Waals surface area contributed by atoms with Gasteiger partial charge in [-0.05, 0) is 30.5 Å².